The van der Waals surface area contributed by atoms with Crippen molar-refractivity contribution in [1.82, 2.24) is 0 Å². The fraction of sp³-hybridized carbons (Fsp3) is 1.00. The lowest BCUT2D eigenvalue weighted by atomic mass is 9.74. The Morgan fingerprint density at radius 2 is 1.91 bits per heavy atom. The molecule has 0 bridgehead atoms. The lowest BCUT2D eigenvalue weighted by Crippen LogP contribution is -2.27. The van der Waals surface area contributed by atoms with E-state index in [1.807, 2.05) is 0 Å². The fourth-order valence-electron chi connectivity index (χ4n) is 2.23. The van der Waals surface area contributed by atoms with Crippen molar-refractivity contribution >= 4 is 11.6 Å². The summed E-state index contributed by atoms with van der Waals surface area (Å²) in [5.74, 6) is 2.57. The third-order valence-corrected chi connectivity index (χ3v) is 3.45. The van der Waals surface area contributed by atoms with Crippen molar-refractivity contribution in [2.75, 3.05) is 0 Å². The summed E-state index contributed by atoms with van der Waals surface area (Å²) in [5, 5.41) is 0.457. The van der Waals surface area contributed by atoms with Crippen LogP contribution in [0, 0.1) is 17.8 Å². The van der Waals surface area contributed by atoms with Gasteiger partial charge in [-0.15, -0.1) is 11.6 Å². The zero-order chi connectivity index (χ0) is 8.43. The van der Waals surface area contributed by atoms with Gasteiger partial charge in [0.15, 0.2) is 0 Å². The minimum Gasteiger partial charge on any atom is -0.123 e. The van der Waals surface area contributed by atoms with Crippen LogP contribution in [-0.4, -0.2) is 5.38 Å². The van der Waals surface area contributed by atoms with E-state index < -0.39 is 0 Å². The van der Waals surface area contributed by atoms with Crippen LogP contribution in [0.25, 0.3) is 0 Å². The second-order valence-electron chi connectivity index (χ2n) is 4.30. The lowest BCUT2D eigenvalue weighted by Gasteiger charge is -2.34. The molecule has 0 aromatic carbocycles. The quantitative estimate of drug-likeness (QED) is 0.532. The predicted molar refractivity (Wildman–Crippen MR) is 51.0 cm³/mol. The summed E-state index contributed by atoms with van der Waals surface area (Å²) in [6, 6.07) is 0. The summed E-state index contributed by atoms with van der Waals surface area (Å²) in [5.41, 5.74) is 0. The Kier molecular flexibility index (Phi) is 3.24. The van der Waals surface area contributed by atoms with E-state index in [0.29, 0.717) is 5.38 Å². The van der Waals surface area contributed by atoms with Crippen LogP contribution in [0.2, 0.25) is 0 Å². The highest BCUT2D eigenvalue weighted by Gasteiger charge is 2.28. The van der Waals surface area contributed by atoms with Crippen molar-refractivity contribution in [2.24, 2.45) is 17.8 Å². The van der Waals surface area contributed by atoms with Gasteiger partial charge in [0.05, 0.1) is 0 Å². The molecule has 66 valence electrons. The summed E-state index contributed by atoms with van der Waals surface area (Å²) in [6.07, 6.45) is 3.79. The first-order valence-corrected chi connectivity index (χ1v) is 5.19. The molecule has 0 heterocycles. The monoisotopic (exact) mass is 174 g/mol. The van der Waals surface area contributed by atoms with Gasteiger partial charge in [0.25, 0.3) is 0 Å². The maximum absolute atomic E-state index is 6.12. The molecule has 1 aliphatic rings. The molecule has 0 nitrogen and oxygen atoms in total. The van der Waals surface area contributed by atoms with Gasteiger partial charge < -0.3 is 0 Å². The number of hydrogen-bond acceptors (Lipinski definition) is 0. The van der Waals surface area contributed by atoms with Crippen molar-refractivity contribution < 1.29 is 0 Å². The Morgan fingerprint density at radius 1 is 1.27 bits per heavy atom. The van der Waals surface area contributed by atoms with Gasteiger partial charge in [-0.25, -0.2) is 0 Å². The maximum Gasteiger partial charge on any atom is 0.0339 e. The summed E-state index contributed by atoms with van der Waals surface area (Å²) < 4.78 is 0. The molecule has 3 atom stereocenters. The topological polar surface area (TPSA) is 0 Å². The van der Waals surface area contributed by atoms with Gasteiger partial charge in [-0.1, -0.05) is 20.8 Å². The molecule has 1 aliphatic carbocycles. The summed E-state index contributed by atoms with van der Waals surface area (Å²) in [7, 11) is 0. The molecular formula is C10H19Cl. The van der Waals surface area contributed by atoms with Crippen LogP contribution in [0.4, 0.5) is 0 Å². The zero-order valence-electron chi connectivity index (χ0n) is 7.81. The predicted octanol–water partition coefficient (Wildman–Crippen LogP) is 3.69. The molecule has 0 N–H and O–H groups in total. The van der Waals surface area contributed by atoms with E-state index in [-0.39, 0.29) is 0 Å². The molecular weight excluding hydrogens is 156 g/mol. The standard InChI is InChI=1S/C10H19Cl/c1-7(2)10-6-9(11)5-4-8(10)3/h7-10H,4-6H2,1-3H3. The summed E-state index contributed by atoms with van der Waals surface area (Å²) in [6.45, 7) is 7.00. The van der Waals surface area contributed by atoms with E-state index in [9.17, 15) is 0 Å². The van der Waals surface area contributed by atoms with E-state index in [2.05, 4.69) is 20.8 Å². The molecule has 0 amide bonds. The van der Waals surface area contributed by atoms with Crippen LogP contribution >= 0.6 is 11.6 Å². The number of hydrogen-bond donors (Lipinski definition) is 0. The summed E-state index contributed by atoms with van der Waals surface area (Å²) in [4.78, 5) is 0. The highest BCUT2D eigenvalue weighted by atomic mass is 35.5. The van der Waals surface area contributed by atoms with Crippen molar-refractivity contribution in [2.45, 2.75) is 45.4 Å². The lowest BCUT2D eigenvalue weighted by molar-refractivity contribution is 0.199. The van der Waals surface area contributed by atoms with Crippen LogP contribution < -0.4 is 0 Å². The highest BCUT2D eigenvalue weighted by Crippen LogP contribution is 2.36. The Hall–Kier alpha value is 0.290. The number of alkyl halides is 1. The number of halogens is 1. The molecule has 1 fully saturated rings. The van der Waals surface area contributed by atoms with E-state index in [1.54, 1.807) is 0 Å². The van der Waals surface area contributed by atoms with E-state index in [4.69, 9.17) is 11.6 Å². The average Bonchev–Trinajstić information content (AvgIpc) is 1.94. The van der Waals surface area contributed by atoms with Crippen LogP contribution in [0.5, 0.6) is 0 Å². The van der Waals surface area contributed by atoms with Gasteiger partial charge in [-0.05, 0) is 37.0 Å². The molecule has 0 saturated heterocycles. The SMILES string of the molecule is CC(C)C1CC(Cl)CCC1C. The van der Waals surface area contributed by atoms with Gasteiger partial charge in [-0.3, -0.25) is 0 Å². The summed E-state index contributed by atoms with van der Waals surface area (Å²) >= 11 is 6.12. The van der Waals surface area contributed by atoms with E-state index in [0.717, 1.165) is 17.8 Å². The molecule has 0 aromatic rings. The van der Waals surface area contributed by atoms with Gasteiger partial charge in [-0.2, -0.15) is 0 Å². The normalized spacial score (nSPS) is 39.5. The van der Waals surface area contributed by atoms with Crippen LogP contribution in [0.1, 0.15) is 40.0 Å². The minimum absolute atomic E-state index is 0.457. The van der Waals surface area contributed by atoms with Crippen molar-refractivity contribution in [3.63, 3.8) is 0 Å². The van der Waals surface area contributed by atoms with Gasteiger partial charge in [0.2, 0.25) is 0 Å². The average molecular weight is 175 g/mol. The number of rotatable bonds is 1. The van der Waals surface area contributed by atoms with E-state index in [1.165, 1.54) is 19.3 Å². The third kappa shape index (κ3) is 2.37. The second-order valence-corrected chi connectivity index (χ2v) is 4.91. The van der Waals surface area contributed by atoms with Gasteiger partial charge in [0, 0.05) is 5.38 Å². The van der Waals surface area contributed by atoms with Crippen LogP contribution in [0.3, 0.4) is 0 Å². The zero-order valence-corrected chi connectivity index (χ0v) is 8.56. The molecule has 0 spiro atoms. The third-order valence-electron chi connectivity index (χ3n) is 3.05. The first-order valence-electron chi connectivity index (χ1n) is 4.75. The first kappa shape index (κ1) is 9.38. The molecule has 0 aromatic heterocycles. The maximum atomic E-state index is 6.12. The Balaban J connectivity index is 2.47. The smallest absolute Gasteiger partial charge is 0.0339 e. The molecule has 0 aliphatic heterocycles. The van der Waals surface area contributed by atoms with Crippen LogP contribution in [0.15, 0.2) is 0 Å². The Bertz CT molecular complexity index is 120. The first-order chi connectivity index (χ1) is 5.11. The largest absolute Gasteiger partial charge is 0.123 e. The van der Waals surface area contributed by atoms with Gasteiger partial charge in [0.1, 0.15) is 0 Å². The van der Waals surface area contributed by atoms with Crippen LogP contribution in [-0.2, 0) is 0 Å². The Labute approximate surface area is 75.3 Å². The second kappa shape index (κ2) is 3.80. The minimum atomic E-state index is 0.457. The molecule has 1 saturated carbocycles. The molecule has 1 rings (SSSR count). The van der Waals surface area contributed by atoms with Crippen molar-refractivity contribution in [3.05, 3.63) is 0 Å². The molecule has 11 heavy (non-hydrogen) atoms. The van der Waals surface area contributed by atoms with Crippen molar-refractivity contribution in [3.8, 4) is 0 Å². The van der Waals surface area contributed by atoms with Gasteiger partial charge >= 0.3 is 0 Å². The molecule has 0 radical (unpaired) electrons. The molecule has 3 unspecified atom stereocenters. The molecule has 1 heteroatoms. The fourth-order valence-corrected chi connectivity index (χ4v) is 2.56. The highest BCUT2D eigenvalue weighted by molar-refractivity contribution is 6.20. The van der Waals surface area contributed by atoms with Crippen molar-refractivity contribution in [1.29, 1.82) is 0 Å². The van der Waals surface area contributed by atoms with E-state index >= 15 is 0 Å². The Morgan fingerprint density at radius 3 is 2.36 bits per heavy atom.